The van der Waals surface area contributed by atoms with Gasteiger partial charge in [-0.25, -0.2) is 4.39 Å². The van der Waals surface area contributed by atoms with E-state index in [-0.39, 0.29) is 5.82 Å². The van der Waals surface area contributed by atoms with Crippen molar-refractivity contribution in [2.45, 2.75) is 31.6 Å². The summed E-state index contributed by atoms with van der Waals surface area (Å²) in [5.74, 6) is 3.05. The number of hydrogen-bond acceptors (Lipinski definition) is 3. The molecule has 0 aromatic heterocycles. The van der Waals surface area contributed by atoms with Gasteiger partial charge in [-0.1, -0.05) is 12.1 Å². The van der Waals surface area contributed by atoms with Crippen molar-refractivity contribution in [2.24, 2.45) is 5.92 Å². The lowest BCUT2D eigenvalue weighted by Crippen LogP contribution is -2.21. The maximum atomic E-state index is 13.0. The quantitative estimate of drug-likeness (QED) is 0.792. The molecule has 1 heterocycles. The molecule has 1 saturated heterocycles. The van der Waals surface area contributed by atoms with Gasteiger partial charge in [-0.2, -0.15) is 0 Å². The van der Waals surface area contributed by atoms with Crippen molar-refractivity contribution >= 4 is 0 Å². The van der Waals surface area contributed by atoms with Crippen LogP contribution in [0.2, 0.25) is 0 Å². The van der Waals surface area contributed by atoms with E-state index in [4.69, 9.17) is 9.47 Å². The SMILES string of the molecule is COc1ccc(OCCCc2ccc(F)cc2)c2c1CCC1CNCC21. The molecule has 2 atom stereocenters. The molecule has 0 spiro atoms. The minimum Gasteiger partial charge on any atom is -0.496 e. The minimum absolute atomic E-state index is 0.186. The second-order valence-corrected chi connectivity index (χ2v) is 7.30. The highest BCUT2D eigenvalue weighted by Crippen LogP contribution is 2.46. The average molecular weight is 355 g/mol. The number of methoxy groups -OCH3 is 1. The molecule has 0 bridgehead atoms. The maximum Gasteiger partial charge on any atom is 0.123 e. The van der Waals surface area contributed by atoms with E-state index in [2.05, 4.69) is 11.4 Å². The Morgan fingerprint density at radius 3 is 2.69 bits per heavy atom. The molecule has 0 radical (unpaired) electrons. The molecule has 1 fully saturated rings. The van der Waals surface area contributed by atoms with Gasteiger partial charge in [-0.05, 0) is 68.0 Å². The van der Waals surface area contributed by atoms with Gasteiger partial charge in [-0.3, -0.25) is 0 Å². The first-order valence-corrected chi connectivity index (χ1v) is 9.54. The fourth-order valence-corrected chi connectivity index (χ4v) is 4.42. The lowest BCUT2D eigenvalue weighted by atomic mass is 9.76. The lowest BCUT2D eigenvalue weighted by molar-refractivity contribution is 0.298. The first-order valence-electron chi connectivity index (χ1n) is 9.54. The zero-order chi connectivity index (χ0) is 17.9. The molecule has 1 aliphatic heterocycles. The number of fused-ring (bicyclic) bond motifs is 3. The number of benzene rings is 2. The number of nitrogens with one attached hydrogen (secondary N) is 1. The first-order chi connectivity index (χ1) is 12.8. The Balaban J connectivity index is 1.45. The van der Waals surface area contributed by atoms with Gasteiger partial charge in [0.15, 0.2) is 0 Å². The number of ether oxygens (including phenoxy) is 2. The van der Waals surface area contributed by atoms with Gasteiger partial charge in [0.25, 0.3) is 0 Å². The molecule has 26 heavy (non-hydrogen) atoms. The van der Waals surface area contributed by atoms with Gasteiger partial charge >= 0.3 is 0 Å². The molecule has 138 valence electrons. The molecule has 3 nitrogen and oxygen atoms in total. The van der Waals surface area contributed by atoms with Crippen LogP contribution in [0.1, 0.15) is 35.4 Å². The highest BCUT2D eigenvalue weighted by molar-refractivity contribution is 5.52. The van der Waals surface area contributed by atoms with E-state index in [9.17, 15) is 4.39 Å². The van der Waals surface area contributed by atoms with Crippen LogP contribution in [-0.4, -0.2) is 26.8 Å². The number of rotatable bonds is 6. The summed E-state index contributed by atoms with van der Waals surface area (Å²) in [6, 6.07) is 10.8. The second kappa shape index (κ2) is 7.67. The summed E-state index contributed by atoms with van der Waals surface area (Å²) < 4.78 is 24.8. The van der Waals surface area contributed by atoms with Gasteiger partial charge in [-0.15, -0.1) is 0 Å². The minimum atomic E-state index is -0.186. The molecule has 2 aromatic rings. The molecule has 2 unspecified atom stereocenters. The summed E-state index contributed by atoms with van der Waals surface area (Å²) in [5, 5.41) is 3.54. The standard InChI is InChI=1S/C22H26FNO2/c1-25-20-10-11-21(22-18(20)9-6-16-13-24-14-19(16)22)26-12-2-3-15-4-7-17(23)8-5-15/h4-5,7-8,10-11,16,19,24H,2-3,6,9,12-14H2,1H3. The topological polar surface area (TPSA) is 30.5 Å². The molecule has 2 aromatic carbocycles. The Morgan fingerprint density at radius 1 is 1.08 bits per heavy atom. The smallest absolute Gasteiger partial charge is 0.123 e. The van der Waals surface area contributed by atoms with Gasteiger partial charge in [0.2, 0.25) is 0 Å². The molecule has 4 heteroatoms. The van der Waals surface area contributed by atoms with Gasteiger partial charge in [0.1, 0.15) is 17.3 Å². The zero-order valence-corrected chi connectivity index (χ0v) is 15.3. The number of aryl methyl sites for hydroxylation is 1. The summed E-state index contributed by atoms with van der Waals surface area (Å²) in [7, 11) is 1.75. The summed E-state index contributed by atoms with van der Waals surface area (Å²) >= 11 is 0. The highest BCUT2D eigenvalue weighted by atomic mass is 19.1. The van der Waals surface area contributed by atoms with Crippen molar-refractivity contribution in [2.75, 3.05) is 26.8 Å². The third-order valence-electron chi connectivity index (χ3n) is 5.75. The molecule has 2 aliphatic rings. The van der Waals surface area contributed by atoms with Crippen LogP contribution in [-0.2, 0) is 12.8 Å². The van der Waals surface area contributed by atoms with Crippen LogP contribution in [0, 0.1) is 11.7 Å². The van der Waals surface area contributed by atoms with Gasteiger partial charge in [0.05, 0.1) is 13.7 Å². The Labute approximate surface area is 154 Å². The van der Waals surface area contributed by atoms with Crippen LogP contribution in [0.25, 0.3) is 0 Å². The molecule has 0 saturated carbocycles. The first kappa shape index (κ1) is 17.3. The zero-order valence-electron chi connectivity index (χ0n) is 15.3. The molecule has 1 aliphatic carbocycles. The van der Waals surface area contributed by atoms with E-state index in [0.29, 0.717) is 18.4 Å². The van der Waals surface area contributed by atoms with Gasteiger partial charge < -0.3 is 14.8 Å². The molecule has 4 rings (SSSR count). The van der Waals surface area contributed by atoms with E-state index in [0.717, 1.165) is 49.4 Å². The Bertz CT molecular complexity index is 759. The molecule has 0 amide bonds. The van der Waals surface area contributed by atoms with Crippen LogP contribution >= 0.6 is 0 Å². The van der Waals surface area contributed by atoms with E-state index in [1.807, 2.05) is 18.2 Å². The van der Waals surface area contributed by atoms with E-state index < -0.39 is 0 Å². The van der Waals surface area contributed by atoms with Crippen LogP contribution in [0.15, 0.2) is 36.4 Å². The van der Waals surface area contributed by atoms with Crippen molar-refractivity contribution in [3.8, 4) is 11.5 Å². The molecular weight excluding hydrogens is 329 g/mol. The van der Waals surface area contributed by atoms with E-state index >= 15 is 0 Å². The highest BCUT2D eigenvalue weighted by Gasteiger charge is 2.36. The Morgan fingerprint density at radius 2 is 1.88 bits per heavy atom. The van der Waals surface area contributed by atoms with Crippen LogP contribution in [0.3, 0.4) is 0 Å². The normalized spacial score (nSPS) is 21.2. The lowest BCUT2D eigenvalue weighted by Gasteiger charge is -2.30. The van der Waals surface area contributed by atoms with E-state index in [1.54, 1.807) is 7.11 Å². The summed E-state index contributed by atoms with van der Waals surface area (Å²) in [5.41, 5.74) is 3.83. The van der Waals surface area contributed by atoms with Crippen molar-refractivity contribution in [1.29, 1.82) is 0 Å². The summed E-state index contributed by atoms with van der Waals surface area (Å²) in [6.45, 7) is 2.79. The number of halogens is 1. The van der Waals surface area contributed by atoms with Crippen molar-refractivity contribution in [3.05, 3.63) is 58.9 Å². The third-order valence-corrected chi connectivity index (χ3v) is 5.75. The monoisotopic (exact) mass is 355 g/mol. The fraction of sp³-hybridized carbons (Fsp3) is 0.455. The van der Waals surface area contributed by atoms with Crippen molar-refractivity contribution in [3.63, 3.8) is 0 Å². The van der Waals surface area contributed by atoms with Crippen molar-refractivity contribution in [1.82, 2.24) is 5.32 Å². The predicted octanol–water partition coefficient (Wildman–Crippen LogP) is 4.10. The predicted molar refractivity (Wildman–Crippen MR) is 101 cm³/mol. The van der Waals surface area contributed by atoms with Crippen LogP contribution < -0.4 is 14.8 Å². The summed E-state index contributed by atoms with van der Waals surface area (Å²) in [6.07, 6.45) is 4.09. The Kier molecular flexibility index (Phi) is 5.11. The second-order valence-electron chi connectivity index (χ2n) is 7.30. The average Bonchev–Trinajstić information content (AvgIpc) is 3.15. The van der Waals surface area contributed by atoms with Crippen molar-refractivity contribution < 1.29 is 13.9 Å². The molecule has 1 N–H and O–H groups in total. The fourth-order valence-electron chi connectivity index (χ4n) is 4.42. The Hall–Kier alpha value is -2.07. The van der Waals surface area contributed by atoms with Crippen LogP contribution in [0.5, 0.6) is 11.5 Å². The van der Waals surface area contributed by atoms with E-state index in [1.165, 1.54) is 29.7 Å². The third kappa shape index (κ3) is 3.43. The number of hydrogen-bond donors (Lipinski definition) is 1. The summed E-state index contributed by atoms with van der Waals surface area (Å²) in [4.78, 5) is 0. The maximum absolute atomic E-state index is 13.0. The van der Waals surface area contributed by atoms with Gasteiger partial charge in [0, 0.05) is 23.6 Å². The van der Waals surface area contributed by atoms with Crippen LogP contribution in [0.4, 0.5) is 4.39 Å². The largest absolute Gasteiger partial charge is 0.496 e. The molecular formula is C22H26FNO2.